The number of hydrogen-bond acceptors (Lipinski definition) is 3. The molecule has 0 aliphatic heterocycles. The molecule has 2 rings (SSSR count). The zero-order chi connectivity index (χ0) is 16.9. The molecule has 0 bridgehead atoms. The van der Waals surface area contributed by atoms with Crippen molar-refractivity contribution in [1.29, 1.82) is 0 Å². The Kier molecular flexibility index (Phi) is 5.61. The molecule has 23 heavy (non-hydrogen) atoms. The van der Waals surface area contributed by atoms with Gasteiger partial charge in [-0.3, -0.25) is 0 Å². The first-order valence-corrected chi connectivity index (χ1v) is 8.02. The quantitative estimate of drug-likeness (QED) is 0.881. The Morgan fingerprint density at radius 2 is 1.83 bits per heavy atom. The van der Waals surface area contributed by atoms with Gasteiger partial charge in [0.15, 0.2) is 0 Å². The zero-order valence-electron chi connectivity index (χ0n) is 14.3. The summed E-state index contributed by atoms with van der Waals surface area (Å²) in [5.41, 5.74) is 0.785. The number of alkyl carbamates (subject to hydrolysis) is 1. The minimum atomic E-state index is -0.472. The summed E-state index contributed by atoms with van der Waals surface area (Å²) >= 11 is 0. The van der Waals surface area contributed by atoms with E-state index in [0.717, 1.165) is 6.54 Å². The normalized spacial score (nSPS) is 12.9. The van der Waals surface area contributed by atoms with E-state index >= 15 is 0 Å². The van der Waals surface area contributed by atoms with Gasteiger partial charge in [-0.05, 0) is 44.0 Å². The molecular weight excluding hydrogens is 288 g/mol. The average Bonchev–Trinajstić information content (AvgIpc) is 2.45. The van der Waals surface area contributed by atoms with Crippen LogP contribution in [0.4, 0.5) is 4.79 Å². The van der Waals surface area contributed by atoms with Crippen LogP contribution in [0.2, 0.25) is 0 Å². The van der Waals surface area contributed by atoms with Crippen LogP contribution in [-0.2, 0) is 11.3 Å². The second-order valence-corrected chi connectivity index (χ2v) is 6.82. The molecule has 0 aliphatic carbocycles. The number of benzene rings is 2. The molecule has 2 N–H and O–H groups in total. The highest BCUT2D eigenvalue weighted by atomic mass is 16.6. The Hall–Kier alpha value is -2.07. The molecule has 124 valence electrons. The Labute approximate surface area is 138 Å². The molecule has 0 radical (unpaired) electrons. The lowest BCUT2D eigenvalue weighted by Gasteiger charge is -2.22. The molecule has 0 spiro atoms. The van der Waals surface area contributed by atoms with Crippen LogP contribution in [0.1, 0.15) is 33.3 Å². The predicted molar refractivity (Wildman–Crippen MR) is 94.5 cm³/mol. The van der Waals surface area contributed by atoms with E-state index in [-0.39, 0.29) is 12.1 Å². The van der Waals surface area contributed by atoms with E-state index in [1.54, 1.807) is 0 Å². The van der Waals surface area contributed by atoms with Gasteiger partial charge in [-0.2, -0.15) is 0 Å². The van der Waals surface area contributed by atoms with Gasteiger partial charge >= 0.3 is 6.09 Å². The SMILES string of the molecule is CC(CNCc1cccc2ccccc12)NC(=O)OC(C)(C)C. The van der Waals surface area contributed by atoms with Gasteiger partial charge < -0.3 is 15.4 Å². The lowest BCUT2D eigenvalue weighted by Crippen LogP contribution is -2.42. The molecular formula is C19H26N2O2. The maximum absolute atomic E-state index is 11.7. The van der Waals surface area contributed by atoms with Crippen LogP contribution in [0, 0.1) is 0 Å². The van der Waals surface area contributed by atoms with E-state index in [4.69, 9.17) is 4.74 Å². The highest BCUT2D eigenvalue weighted by Crippen LogP contribution is 2.18. The molecule has 1 amide bonds. The predicted octanol–water partition coefficient (Wildman–Crippen LogP) is 3.84. The molecule has 0 aliphatic rings. The Bertz CT molecular complexity index is 656. The van der Waals surface area contributed by atoms with Gasteiger partial charge in [0.25, 0.3) is 0 Å². The average molecular weight is 314 g/mol. The van der Waals surface area contributed by atoms with Crippen LogP contribution >= 0.6 is 0 Å². The number of fused-ring (bicyclic) bond motifs is 1. The molecule has 2 aromatic carbocycles. The van der Waals surface area contributed by atoms with Gasteiger partial charge in [0.1, 0.15) is 5.60 Å². The van der Waals surface area contributed by atoms with Gasteiger partial charge in [0.05, 0.1) is 0 Å². The monoisotopic (exact) mass is 314 g/mol. The molecule has 1 atom stereocenters. The van der Waals surface area contributed by atoms with Crippen molar-refractivity contribution in [2.75, 3.05) is 6.54 Å². The van der Waals surface area contributed by atoms with Gasteiger partial charge in [0, 0.05) is 19.1 Å². The number of carbonyl (C=O) groups excluding carboxylic acids is 1. The summed E-state index contributed by atoms with van der Waals surface area (Å²) in [5.74, 6) is 0. The summed E-state index contributed by atoms with van der Waals surface area (Å²) < 4.78 is 5.25. The maximum Gasteiger partial charge on any atom is 0.407 e. The second kappa shape index (κ2) is 7.47. The lowest BCUT2D eigenvalue weighted by molar-refractivity contribution is 0.0508. The van der Waals surface area contributed by atoms with Crippen LogP contribution in [-0.4, -0.2) is 24.3 Å². The molecule has 0 heterocycles. The number of ether oxygens (including phenoxy) is 1. The number of carbonyl (C=O) groups is 1. The molecule has 0 saturated heterocycles. The molecule has 0 saturated carbocycles. The van der Waals surface area contributed by atoms with Crippen molar-refractivity contribution < 1.29 is 9.53 Å². The molecule has 4 nitrogen and oxygen atoms in total. The second-order valence-electron chi connectivity index (χ2n) is 6.82. The summed E-state index contributed by atoms with van der Waals surface area (Å²) in [6, 6.07) is 14.7. The van der Waals surface area contributed by atoms with Crippen LogP contribution in [0.25, 0.3) is 10.8 Å². The Morgan fingerprint density at radius 3 is 2.57 bits per heavy atom. The van der Waals surface area contributed by atoms with E-state index in [9.17, 15) is 4.79 Å². The van der Waals surface area contributed by atoms with Crippen molar-refractivity contribution in [3.63, 3.8) is 0 Å². The molecule has 0 aromatic heterocycles. The first-order valence-electron chi connectivity index (χ1n) is 8.02. The Morgan fingerprint density at radius 1 is 1.13 bits per heavy atom. The van der Waals surface area contributed by atoms with Crippen LogP contribution in [0.3, 0.4) is 0 Å². The molecule has 1 unspecified atom stereocenters. The number of amides is 1. The van der Waals surface area contributed by atoms with E-state index < -0.39 is 5.60 Å². The van der Waals surface area contributed by atoms with Gasteiger partial charge in [-0.1, -0.05) is 42.5 Å². The molecule has 0 fully saturated rings. The fourth-order valence-corrected chi connectivity index (χ4v) is 2.43. The first kappa shape index (κ1) is 17.3. The summed E-state index contributed by atoms with van der Waals surface area (Å²) in [7, 11) is 0. The fourth-order valence-electron chi connectivity index (χ4n) is 2.43. The summed E-state index contributed by atoms with van der Waals surface area (Å²) in [6.45, 7) is 8.98. The van der Waals surface area contributed by atoms with Crippen LogP contribution < -0.4 is 10.6 Å². The lowest BCUT2D eigenvalue weighted by atomic mass is 10.0. The molecule has 4 heteroatoms. The number of rotatable bonds is 5. The first-order chi connectivity index (χ1) is 10.8. The van der Waals surface area contributed by atoms with Crippen molar-refractivity contribution in [1.82, 2.24) is 10.6 Å². The Balaban J connectivity index is 1.83. The van der Waals surface area contributed by atoms with Crippen molar-refractivity contribution in [3.05, 3.63) is 48.0 Å². The van der Waals surface area contributed by atoms with Gasteiger partial charge in [0.2, 0.25) is 0 Å². The third-order valence-corrected chi connectivity index (χ3v) is 3.41. The number of nitrogens with one attached hydrogen (secondary N) is 2. The topological polar surface area (TPSA) is 50.4 Å². The third kappa shape index (κ3) is 5.57. The van der Waals surface area contributed by atoms with Gasteiger partial charge in [-0.15, -0.1) is 0 Å². The minimum absolute atomic E-state index is 0.000161. The van der Waals surface area contributed by atoms with Crippen molar-refractivity contribution >= 4 is 16.9 Å². The smallest absolute Gasteiger partial charge is 0.407 e. The summed E-state index contributed by atoms with van der Waals surface area (Å²) in [4.78, 5) is 11.7. The van der Waals surface area contributed by atoms with Crippen LogP contribution in [0.15, 0.2) is 42.5 Å². The van der Waals surface area contributed by atoms with Crippen LogP contribution in [0.5, 0.6) is 0 Å². The van der Waals surface area contributed by atoms with E-state index in [2.05, 4.69) is 47.0 Å². The van der Waals surface area contributed by atoms with E-state index in [1.807, 2.05) is 33.8 Å². The highest BCUT2D eigenvalue weighted by molar-refractivity contribution is 5.85. The van der Waals surface area contributed by atoms with Gasteiger partial charge in [-0.25, -0.2) is 4.79 Å². The zero-order valence-corrected chi connectivity index (χ0v) is 14.3. The summed E-state index contributed by atoms with van der Waals surface area (Å²) in [5, 5.41) is 8.73. The standard InChI is InChI=1S/C19H26N2O2/c1-14(21-18(22)23-19(2,3)4)12-20-13-16-10-7-9-15-8-5-6-11-17(15)16/h5-11,14,20H,12-13H2,1-4H3,(H,21,22). The highest BCUT2D eigenvalue weighted by Gasteiger charge is 2.17. The largest absolute Gasteiger partial charge is 0.444 e. The van der Waals surface area contributed by atoms with Crippen molar-refractivity contribution in [3.8, 4) is 0 Å². The van der Waals surface area contributed by atoms with Crippen molar-refractivity contribution in [2.45, 2.75) is 45.9 Å². The van der Waals surface area contributed by atoms with E-state index in [0.29, 0.717) is 6.54 Å². The van der Waals surface area contributed by atoms with Crippen molar-refractivity contribution in [2.24, 2.45) is 0 Å². The summed E-state index contributed by atoms with van der Waals surface area (Å²) in [6.07, 6.45) is -0.378. The fraction of sp³-hybridized carbons (Fsp3) is 0.421. The van der Waals surface area contributed by atoms with E-state index in [1.165, 1.54) is 16.3 Å². The third-order valence-electron chi connectivity index (χ3n) is 3.41. The minimum Gasteiger partial charge on any atom is -0.444 e. The number of hydrogen-bond donors (Lipinski definition) is 2. The maximum atomic E-state index is 11.7. The molecule has 2 aromatic rings.